The lowest BCUT2D eigenvalue weighted by Gasteiger charge is -2.12. The summed E-state index contributed by atoms with van der Waals surface area (Å²) < 4.78 is 12.7. The average molecular weight is 234 g/mol. The Kier molecular flexibility index (Phi) is 3.86. The van der Waals surface area contributed by atoms with Gasteiger partial charge in [-0.3, -0.25) is 0 Å². The first-order valence-electron chi connectivity index (χ1n) is 4.99. The molecule has 1 rings (SSSR count). The Morgan fingerprint density at radius 3 is 2.25 bits per heavy atom. The minimum absolute atomic E-state index is 0.261. The first-order valence-corrected chi connectivity index (χ1v) is 8.49. The van der Waals surface area contributed by atoms with E-state index >= 15 is 0 Å². The van der Waals surface area contributed by atoms with Gasteiger partial charge in [0, 0.05) is 5.56 Å². The maximum absolute atomic E-state index is 12.7. The van der Waals surface area contributed by atoms with E-state index in [2.05, 4.69) is 36.6 Å². The third kappa shape index (κ3) is 3.52. The van der Waals surface area contributed by atoms with Crippen LogP contribution < -0.4 is 5.84 Å². The normalized spacial score (nSPS) is 11.9. The zero-order chi connectivity index (χ0) is 12.2. The summed E-state index contributed by atoms with van der Waals surface area (Å²) in [6.45, 7) is 6.37. The fourth-order valence-electron chi connectivity index (χ4n) is 1.08. The molecule has 0 saturated heterocycles. The smallest absolute Gasteiger partial charge is 0.123 e. The number of halogens is 1. The maximum Gasteiger partial charge on any atom is 0.123 e. The van der Waals surface area contributed by atoms with Crippen molar-refractivity contribution in [2.24, 2.45) is 10.9 Å². The highest BCUT2D eigenvalue weighted by atomic mass is 28.3. The van der Waals surface area contributed by atoms with Crippen LogP contribution in [-0.4, -0.2) is 13.4 Å². The van der Waals surface area contributed by atoms with Crippen molar-refractivity contribution in [1.82, 2.24) is 0 Å². The maximum atomic E-state index is 12.7. The van der Waals surface area contributed by atoms with E-state index < -0.39 is 8.07 Å². The van der Waals surface area contributed by atoms with Crippen LogP contribution in [0.3, 0.4) is 0 Å². The van der Waals surface area contributed by atoms with Gasteiger partial charge in [0.2, 0.25) is 0 Å². The number of nitrogens with two attached hydrogens (primary N) is 1. The van der Waals surface area contributed by atoms with Crippen LogP contribution in [-0.2, 0) is 0 Å². The molecule has 2 N–H and O–H groups in total. The van der Waals surface area contributed by atoms with Gasteiger partial charge < -0.3 is 5.84 Å². The zero-order valence-electron chi connectivity index (χ0n) is 9.71. The molecule has 0 aliphatic carbocycles. The molecule has 0 aliphatic heterocycles. The molecule has 0 atom stereocenters. The van der Waals surface area contributed by atoms with Gasteiger partial charge in [-0.25, -0.2) is 4.39 Å². The molecule has 0 bridgehead atoms. The topological polar surface area (TPSA) is 38.4 Å². The molecule has 2 nitrogen and oxygen atoms in total. The Labute approximate surface area is 96.4 Å². The van der Waals surface area contributed by atoms with Crippen LogP contribution in [0.2, 0.25) is 19.6 Å². The van der Waals surface area contributed by atoms with Gasteiger partial charge in [-0.15, -0.1) is 0 Å². The molecule has 84 valence electrons. The van der Waals surface area contributed by atoms with Crippen molar-refractivity contribution in [1.29, 1.82) is 0 Å². The fourth-order valence-corrected chi connectivity index (χ4v) is 1.90. The molecule has 0 amide bonds. The molecular formula is C12H15FN2Si. The molecule has 16 heavy (non-hydrogen) atoms. The summed E-state index contributed by atoms with van der Waals surface area (Å²) in [5.74, 6) is 10.9. The van der Waals surface area contributed by atoms with Gasteiger partial charge in [-0.1, -0.05) is 25.6 Å². The van der Waals surface area contributed by atoms with E-state index in [1.54, 1.807) is 12.1 Å². The monoisotopic (exact) mass is 234 g/mol. The second-order valence-corrected chi connectivity index (χ2v) is 9.46. The summed E-state index contributed by atoms with van der Waals surface area (Å²) in [6, 6.07) is 6.05. The fraction of sp³-hybridized carbons (Fsp3) is 0.250. The van der Waals surface area contributed by atoms with Crippen LogP contribution in [0, 0.1) is 17.7 Å². The second-order valence-electron chi connectivity index (χ2n) is 4.48. The Hall–Kier alpha value is -1.60. The first kappa shape index (κ1) is 12.5. The number of hydrogen-bond donors (Lipinski definition) is 1. The van der Waals surface area contributed by atoms with Crippen molar-refractivity contribution >= 4 is 13.4 Å². The van der Waals surface area contributed by atoms with Gasteiger partial charge in [0.05, 0.1) is 5.33 Å². The number of nitrogens with zero attached hydrogens (tertiary/aromatic N) is 1. The van der Waals surface area contributed by atoms with Crippen LogP contribution in [0.1, 0.15) is 5.56 Å². The zero-order valence-corrected chi connectivity index (χ0v) is 10.7. The summed E-state index contributed by atoms with van der Waals surface area (Å²) in [4.78, 5) is 0. The second kappa shape index (κ2) is 4.95. The third-order valence-corrected chi connectivity index (χ3v) is 3.68. The standard InChI is InChI=1S/C12H15FN2Si/c1-16(2,3)12(15-14)9-6-10-4-7-11(13)8-5-10/h4-5,7-8H,14H2,1-3H3/b15-12+. The Morgan fingerprint density at radius 1 is 1.25 bits per heavy atom. The first-order chi connectivity index (χ1) is 7.43. The highest BCUT2D eigenvalue weighted by Gasteiger charge is 2.19. The average Bonchev–Trinajstić information content (AvgIpc) is 2.19. The van der Waals surface area contributed by atoms with Crippen molar-refractivity contribution in [3.63, 3.8) is 0 Å². The lowest BCUT2D eigenvalue weighted by Crippen LogP contribution is -2.33. The predicted octanol–water partition coefficient (Wildman–Crippen LogP) is 2.37. The molecule has 0 unspecified atom stereocenters. The van der Waals surface area contributed by atoms with Gasteiger partial charge in [-0.2, -0.15) is 5.10 Å². The van der Waals surface area contributed by atoms with Gasteiger partial charge in [0.25, 0.3) is 0 Å². The molecule has 0 aliphatic rings. The molecule has 0 spiro atoms. The van der Waals surface area contributed by atoms with Gasteiger partial charge in [-0.05, 0) is 30.2 Å². The van der Waals surface area contributed by atoms with E-state index in [1.807, 2.05) is 0 Å². The minimum Gasteiger partial charge on any atom is -0.323 e. The Balaban J connectivity index is 2.93. The minimum atomic E-state index is -1.57. The lowest BCUT2D eigenvalue weighted by atomic mass is 10.2. The van der Waals surface area contributed by atoms with Crippen LogP contribution in [0.5, 0.6) is 0 Å². The highest BCUT2D eigenvalue weighted by Crippen LogP contribution is 2.04. The van der Waals surface area contributed by atoms with E-state index in [-0.39, 0.29) is 5.82 Å². The lowest BCUT2D eigenvalue weighted by molar-refractivity contribution is 0.627. The van der Waals surface area contributed by atoms with Gasteiger partial charge >= 0.3 is 0 Å². The van der Waals surface area contributed by atoms with Crippen molar-refractivity contribution in [2.45, 2.75) is 19.6 Å². The van der Waals surface area contributed by atoms with E-state index in [0.717, 1.165) is 10.9 Å². The van der Waals surface area contributed by atoms with Crippen molar-refractivity contribution < 1.29 is 4.39 Å². The predicted molar refractivity (Wildman–Crippen MR) is 68.2 cm³/mol. The quantitative estimate of drug-likeness (QED) is 0.262. The summed E-state index contributed by atoms with van der Waals surface area (Å²) in [5, 5.41) is 4.48. The molecule has 0 heterocycles. The highest BCUT2D eigenvalue weighted by molar-refractivity contribution is 7.06. The molecule has 0 aromatic heterocycles. The third-order valence-electron chi connectivity index (χ3n) is 2.01. The van der Waals surface area contributed by atoms with E-state index in [4.69, 9.17) is 5.84 Å². The largest absolute Gasteiger partial charge is 0.323 e. The van der Waals surface area contributed by atoms with Crippen LogP contribution >= 0.6 is 0 Å². The van der Waals surface area contributed by atoms with E-state index in [1.165, 1.54) is 12.1 Å². The van der Waals surface area contributed by atoms with Gasteiger partial charge in [0.1, 0.15) is 13.9 Å². The van der Waals surface area contributed by atoms with Crippen molar-refractivity contribution in [3.05, 3.63) is 35.6 Å². The molecule has 0 fully saturated rings. The molecule has 4 heteroatoms. The molecule has 1 aromatic rings. The molecule has 0 saturated carbocycles. The molecule has 1 aromatic carbocycles. The summed E-state index contributed by atoms with van der Waals surface area (Å²) >= 11 is 0. The van der Waals surface area contributed by atoms with Crippen molar-refractivity contribution in [2.75, 3.05) is 0 Å². The Bertz CT molecular complexity index is 447. The summed E-state index contributed by atoms with van der Waals surface area (Å²) in [7, 11) is -1.57. The van der Waals surface area contributed by atoms with Crippen LogP contribution in [0.4, 0.5) is 4.39 Å². The molecular weight excluding hydrogens is 219 g/mol. The SMILES string of the molecule is C[Si](C)(C)/C(C#Cc1ccc(F)cc1)=N/N. The molecule has 0 radical (unpaired) electrons. The number of hydrazone groups is 1. The van der Waals surface area contributed by atoms with E-state index in [0.29, 0.717) is 0 Å². The summed E-state index contributed by atoms with van der Waals surface area (Å²) in [6.07, 6.45) is 0. The van der Waals surface area contributed by atoms with E-state index in [9.17, 15) is 4.39 Å². The number of rotatable bonds is 1. The van der Waals surface area contributed by atoms with Gasteiger partial charge in [0.15, 0.2) is 0 Å². The Morgan fingerprint density at radius 2 is 1.81 bits per heavy atom. The number of benzene rings is 1. The van der Waals surface area contributed by atoms with Crippen LogP contribution in [0.15, 0.2) is 29.4 Å². The summed E-state index contributed by atoms with van der Waals surface area (Å²) in [5.41, 5.74) is 0.765. The number of hydrogen-bond acceptors (Lipinski definition) is 2. The van der Waals surface area contributed by atoms with Crippen molar-refractivity contribution in [3.8, 4) is 11.8 Å². The van der Waals surface area contributed by atoms with Crippen LogP contribution in [0.25, 0.3) is 0 Å².